The lowest BCUT2D eigenvalue weighted by atomic mass is 10.0. The molecule has 2 aromatic carbocycles. The number of aryl methyl sites for hydroxylation is 1. The van der Waals surface area contributed by atoms with Gasteiger partial charge in [0, 0.05) is 18.7 Å². The molecule has 0 atom stereocenters. The van der Waals surface area contributed by atoms with E-state index >= 15 is 0 Å². The molecule has 1 amide bonds. The van der Waals surface area contributed by atoms with Crippen LogP contribution < -0.4 is 15.0 Å². The first kappa shape index (κ1) is 19.7. The van der Waals surface area contributed by atoms with Crippen LogP contribution in [0.4, 0.5) is 5.82 Å². The molecule has 3 aromatic rings. The number of benzene rings is 2. The van der Waals surface area contributed by atoms with Crippen LogP contribution in [-0.2, 0) is 5.54 Å². The molecular weight excluding hydrogens is 390 g/mol. The topological polar surface area (TPSA) is 67.6 Å². The van der Waals surface area contributed by atoms with Gasteiger partial charge in [0.2, 0.25) is 0 Å². The van der Waals surface area contributed by atoms with Gasteiger partial charge >= 0.3 is 0 Å². The predicted molar refractivity (Wildman–Crippen MR) is 119 cm³/mol. The van der Waals surface area contributed by atoms with Crippen molar-refractivity contribution >= 4 is 11.7 Å². The van der Waals surface area contributed by atoms with Gasteiger partial charge in [0.1, 0.15) is 11.3 Å². The average molecular weight is 418 g/mol. The lowest BCUT2D eigenvalue weighted by Gasteiger charge is -2.20. The van der Waals surface area contributed by atoms with Crippen LogP contribution in [0.25, 0.3) is 11.3 Å². The standard InChI is InChI=1S/C25H27N3O3/c1-17-5-9-19(10-6-17)25(13-14-25)26-24(29)21-22(18-7-11-20(30-2)12-8-18)31-27-23(21)28-15-3-4-16-28/h5-12H,3-4,13-16H2,1-2H3,(H,26,29). The molecule has 1 saturated carbocycles. The fraction of sp³-hybridized carbons (Fsp3) is 0.360. The number of anilines is 1. The Morgan fingerprint density at radius 1 is 1.06 bits per heavy atom. The minimum absolute atomic E-state index is 0.132. The highest BCUT2D eigenvalue weighted by atomic mass is 16.5. The maximum Gasteiger partial charge on any atom is 0.259 e. The van der Waals surface area contributed by atoms with Gasteiger partial charge in [0.05, 0.1) is 12.6 Å². The Hall–Kier alpha value is -3.28. The van der Waals surface area contributed by atoms with Crippen LogP contribution in [-0.4, -0.2) is 31.3 Å². The average Bonchev–Trinajstić information content (AvgIpc) is 3.19. The summed E-state index contributed by atoms with van der Waals surface area (Å²) in [6.07, 6.45) is 4.06. The summed E-state index contributed by atoms with van der Waals surface area (Å²) in [5.41, 5.74) is 3.38. The van der Waals surface area contributed by atoms with Crippen molar-refractivity contribution < 1.29 is 14.1 Å². The first-order valence-electron chi connectivity index (χ1n) is 10.9. The van der Waals surface area contributed by atoms with Crippen molar-refractivity contribution in [3.8, 4) is 17.1 Å². The van der Waals surface area contributed by atoms with Crippen molar-refractivity contribution in [3.05, 3.63) is 65.2 Å². The van der Waals surface area contributed by atoms with Crippen LogP contribution in [0.3, 0.4) is 0 Å². The number of aromatic nitrogens is 1. The van der Waals surface area contributed by atoms with E-state index in [9.17, 15) is 4.79 Å². The molecular formula is C25H27N3O3. The number of ether oxygens (including phenoxy) is 1. The largest absolute Gasteiger partial charge is 0.497 e. The van der Waals surface area contributed by atoms with E-state index in [2.05, 4.69) is 46.6 Å². The third kappa shape index (κ3) is 3.67. The summed E-state index contributed by atoms with van der Waals surface area (Å²) < 4.78 is 11.0. The summed E-state index contributed by atoms with van der Waals surface area (Å²) in [7, 11) is 1.63. The molecule has 2 heterocycles. The molecule has 0 unspecified atom stereocenters. The zero-order valence-electron chi connectivity index (χ0n) is 18.0. The van der Waals surface area contributed by atoms with Crippen molar-refractivity contribution in [1.29, 1.82) is 0 Å². The Morgan fingerprint density at radius 3 is 2.35 bits per heavy atom. The van der Waals surface area contributed by atoms with Crippen LogP contribution >= 0.6 is 0 Å². The maximum atomic E-state index is 13.6. The Kier molecular flexibility index (Phi) is 4.93. The first-order valence-corrected chi connectivity index (χ1v) is 10.9. The van der Waals surface area contributed by atoms with Crippen LogP contribution in [0.15, 0.2) is 53.1 Å². The second-order valence-electron chi connectivity index (χ2n) is 8.54. The highest BCUT2D eigenvalue weighted by molar-refractivity contribution is 6.04. The molecule has 1 N–H and O–H groups in total. The summed E-state index contributed by atoms with van der Waals surface area (Å²) >= 11 is 0. The summed E-state index contributed by atoms with van der Waals surface area (Å²) in [6, 6.07) is 15.9. The number of hydrogen-bond donors (Lipinski definition) is 1. The number of methoxy groups -OCH3 is 1. The van der Waals surface area contributed by atoms with Gasteiger partial charge in [0.25, 0.3) is 5.91 Å². The van der Waals surface area contributed by atoms with Gasteiger partial charge in [-0.15, -0.1) is 0 Å². The Bertz CT molecular complexity index is 1080. The van der Waals surface area contributed by atoms with Crippen LogP contribution in [0.5, 0.6) is 5.75 Å². The molecule has 6 heteroatoms. The Morgan fingerprint density at radius 2 is 1.74 bits per heavy atom. The smallest absolute Gasteiger partial charge is 0.259 e. The van der Waals surface area contributed by atoms with E-state index in [1.54, 1.807) is 7.11 Å². The van der Waals surface area contributed by atoms with Crippen molar-refractivity contribution in [2.75, 3.05) is 25.1 Å². The second-order valence-corrected chi connectivity index (χ2v) is 8.54. The monoisotopic (exact) mass is 417 g/mol. The van der Waals surface area contributed by atoms with Crippen molar-refractivity contribution in [1.82, 2.24) is 10.5 Å². The van der Waals surface area contributed by atoms with Gasteiger partial charge in [0.15, 0.2) is 11.6 Å². The van der Waals surface area contributed by atoms with Gasteiger partial charge in [-0.05, 0) is 62.4 Å². The SMILES string of the molecule is COc1ccc(-c2onc(N3CCCC3)c2C(=O)NC2(c3ccc(C)cc3)CC2)cc1. The molecule has 160 valence electrons. The van der Waals surface area contributed by atoms with Gasteiger partial charge < -0.3 is 19.5 Å². The van der Waals surface area contributed by atoms with E-state index < -0.39 is 0 Å². The molecule has 1 aliphatic heterocycles. The molecule has 6 nitrogen and oxygen atoms in total. The van der Waals surface area contributed by atoms with Crippen LogP contribution in [0.1, 0.15) is 47.2 Å². The van der Waals surface area contributed by atoms with Crippen LogP contribution in [0, 0.1) is 6.92 Å². The molecule has 0 spiro atoms. The van der Waals surface area contributed by atoms with E-state index in [1.807, 2.05) is 24.3 Å². The lowest BCUT2D eigenvalue weighted by molar-refractivity contribution is 0.0931. The third-order valence-corrected chi connectivity index (χ3v) is 6.37. The summed E-state index contributed by atoms with van der Waals surface area (Å²) in [4.78, 5) is 15.8. The number of hydrogen-bond acceptors (Lipinski definition) is 5. The Labute approximate surface area is 182 Å². The van der Waals surface area contributed by atoms with E-state index in [0.717, 1.165) is 55.6 Å². The van der Waals surface area contributed by atoms with Gasteiger partial charge in [-0.3, -0.25) is 4.79 Å². The zero-order chi connectivity index (χ0) is 21.4. The molecule has 2 fully saturated rings. The highest BCUT2D eigenvalue weighted by Gasteiger charge is 2.46. The van der Waals surface area contributed by atoms with Crippen molar-refractivity contribution in [2.45, 2.75) is 38.1 Å². The Balaban J connectivity index is 1.50. The molecule has 0 radical (unpaired) electrons. The number of carbonyl (C=O) groups is 1. The molecule has 2 aliphatic rings. The maximum absolute atomic E-state index is 13.6. The van der Waals surface area contributed by atoms with Crippen molar-refractivity contribution in [3.63, 3.8) is 0 Å². The fourth-order valence-electron chi connectivity index (χ4n) is 4.33. The number of amides is 1. The quantitative estimate of drug-likeness (QED) is 0.631. The van der Waals surface area contributed by atoms with Crippen LogP contribution in [0.2, 0.25) is 0 Å². The molecule has 1 saturated heterocycles. The number of nitrogens with zero attached hydrogens (tertiary/aromatic N) is 2. The fourth-order valence-corrected chi connectivity index (χ4v) is 4.33. The predicted octanol–water partition coefficient (Wildman–Crippen LogP) is 4.68. The summed E-state index contributed by atoms with van der Waals surface area (Å²) in [5, 5.41) is 7.64. The van der Waals surface area contributed by atoms with Gasteiger partial charge in [-0.1, -0.05) is 35.0 Å². The summed E-state index contributed by atoms with van der Waals surface area (Å²) in [5.74, 6) is 1.76. The molecule has 1 aliphatic carbocycles. The van der Waals surface area contributed by atoms with Gasteiger partial charge in [-0.2, -0.15) is 0 Å². The van der Waals surface area contributed by atoms with E-state index in [-0.39, 0.29) is 11.4 Å². The minimum Gasteiger partial charge on any atom is -0.497 e. The molecule has 0 bridgehead atoms. The zero-order valence-corrected chi connectivity index (χ0v) is 18.0. The minimum atomic E-state index is -0.304. The lowest BCUT2D eigenvalue weighted by Crippen LogP contribution is -2.36. The summed E-state index contributed by atoms with van der Waals surface area (Å²) in [6.45, 7) is 3.85. The van der Waals surface area contributed by atoms with E-state index in [4.69, 9.17) is 9.26 Å². The molecule has 1 aromatic heterocycles. The highest BCUT2D eigenvalue weighted by Crippen LogP contribution is 2.46. The number of rotatable bonds is 6. The molecule has 31 heavy (non-hydrogen) atoms. The first-order chi connectivity index (χ1) is 15.1. The normalized spacial score (nSPS) is 16.9. The van der Waals surface area contributed by atoms with Gasteiger partial charge in [-0.25, -0.2) is 0 Å². The second kappa shape index (κ2) is 7.76. The van der Waals surface area contributed by atoms with E-state index in [1.165, 1.54) is 5.56 Å². The third-order valence-electron chi connectivity index (χ3n) is 6.37. The molecule has 5 rings (SSSR count). The number of nitrogens with one attached hydrogen (secondary N) is 1. The van der Waals surface area contributed by atoms with E-state index in [0.29, 0.717) is 17.1 Å². The van der Waals surface area contributed by atoms with Crippen molar-refractivity contribution in [2.24, 2.45) is 0 Å². The number of carbonyl (C=O) groups excluding carboxylic acids is 1.